The maximum Gasteiger partial charge on any atom is 0.222 e. The minimum Gasteiger partial charge on any atom is -0.342 e. The molecular formula is C10H19NO. The topological polar surface area (TPSA) is 20.3 Å². The fourth-order valence-corrected chi connectivity index (χ4v) is 2.50. The molecule has 0 radical (unpaired) electrons. The van der Waals surface area contributed by atoms with Gasteiger partial charge in [-0.1, -0.05) is 27.7 Å². The summed E-state index contributed by atoms with van der Waals surface area (Å²) in [5.74, 6) is 0.796. The number of rotatable bonds is 0. The lowest BCUT2D eigenvalue weighted by molar-refractivity contribution is -0.128. The molecule has 70 valence electrons. The van der Waals surface area contributed by atoms with Gasteiger partial charge in [0.05, 0.1) is 0 Å². The van der Waals surface area contributed by atoms with Crippen LogP contribution in [0, 0.1) is 11.3 Å². The van der Waals surface area contributed by atoms with Gasteiger partial charge in [0.1, 0.15) is 0 Å². The first-order valence-corrected chi connectivity index (χ1v) is 4.59. The molecule has 1 aliphatic rings. The van der Waals surface area contributed by atoms with Gasteiger partial charge in [0.15, 0.2) is 0 Å². The molecule has 12 heavy (non-hydrogen) atoms. The average Bonchev–Trinajstić information content (AvgIpc) is 2.05. The summed E-state index contributed by atoms with van der Waals surface area (Å²) < 4.78 is 0. The van der Waals surface area contributed by atoms with Crippen LogP contribution in [0.3, 0.4) is 0 Å². The summed E-state index contributed by atoms with van der Waals surface area (Å²) in [6, 6.07) is 0.407. The average molecular weight is 169 g/mol. The van der Waals surface area contributed by atoms with Gasteiger partial charge in [0.2, 0.25) is 5.91 Å². The van der Waals surface area contributed by atoms with E-state index in [4.69, 9.17) is 0 Å². The first kappa shape index (κ1) is 9.56. The van der Waals surface area contributed by atoms with Crippen LogP contribution in [0.15, 0.2) is 0 Å². The van der Waals surface area contributed by atoms with Gasteiger partial charge >= 0.3 is 0 Å². The Labute approximate surface area is 74.9 Å². The van der Waals surface area contributed by atoms with Gasteiger partial charge in [0.25, 0.3) is 0 Å². The third-order valence-electron chi connectivity index (χ3n) is 2.73. The molecule has 0 aromatic carbocycles. The number of nitrogens with zero attached hydrogens (tertiary/aromatic N) is 1. The summed E-state index contributed by atoms with van der Waals surface area (Å²) in [4.78, 5) is 13.3. The second-order valence-corrected chi connectivity index (χ2v) is 5.00. The minimum atomic E-state index is 0.209. The van der Waals surface area contributed by atoms with Crippen molar-refractivity contribution in [2.75, 3.05) is 7.05 Å². The highest BCUT2D eigenvalue weighted by atomic mass is 16.2. The van der Waals surface area contributed by atoms with E-state index in [-0.39, 0.29) is 5.41 Å². The summed E-state index contributed by atoms with van der Waals surface area (Å²) >= 11 is 0. The first-order valence-electron chi connectivity index (χ1n) is 4.59. The molecule has 0 unspecified atom stereocenters. The number of carbonyl (C=O) groups is 1. The van der Waals surface area contributed by atoms with E-state index in [0.29, 0.717) is 17.9 Å². The lowest BCUT2D eigenvalue weighted by Crippen LogP contribution is -2.41. The van der Waals surface area contributed by atoms with Crippen LogP contribution in [-0.4, -0.2) is 23.9 Å². The van der Waals surface area contributed by atoms with Gasteiger partial charge in [-0.3, -0.25) is 4.79 Å². The van der Waals surface area contributed by atoms with E-state index in [1.165, 1.54) is 0 Å². The maximum atomic E-state index is 11.4. The van der Waals surface area contributed by atoms with Crippen molar-refractivity contribution in [1.82, 2.24) is 4.90 Å². The van der Waals surface area contributed by atoms with Crippen molar-refractivity contribution >= 4 is 5.91 Å². The van der Waals surface area contributed by atoms with E-state index in [1.54, 1.807) is 0 Å². The third-order valence-corrected chi connectivity index (χ3v) is 2.73. The molecule has 0 aliphatic carbocycles. The largest absolute Gasteiger partial charge is 0.342 e. The smallest absolute Gasteiger partial charge is 0.222 e. The molecule has 2 nitrogen and oxygen atoms in total. The molecule has 1 rings (SSSR count). The van der Waals surface area contributed by atoms with E-state index >= 15 is 0 Å². The Bertz CT molecular complexity index is 193. The molecule has 0 aromatic rings. The Morgan fingerprint density at radius 1 is 1.42 bits per heavy atom. The molecule has 1 amide bonds. The van der Waals surface area contributed by atoms with E-state index < -0.39 is 0 Å². The van der Waals surface area contributed by atoms with Crippen molar-refractivity contribution in [3.05, 3.63) is 0 Å². The van der Waals surface area contributed by atoms with Crippen LogP contribution in [-0.2, 0) is 4.79 Å². The normalized spacial score (nSPS) is 31.4. The highest BCUT2D eigenvalue weighted by Crippen LogP contribution is 2.36. The van der Waals surface area contributed by atoms with Gasteiger partial charge in [-0.05, 0) is 11.3 Å². The van der Waals surface area contributed by atoms with Gasteiger partial charge < -0.3 is 4.90 Å². The molecule has 0 spiro atoms. The SMILES string of the molecule is C[C@@H]1CC(=O)N(C)[C@@H]1C(C)(C)C. The van der Waals surface area contributed by atoms with Crippen molar-refractivity contribution in [2.24, 2.45) is 11.3 Å². The number of carbonyl (C=O) groups excluding carboxylic acids is 1. The third kappa shape index (κ3) is 1.47. The molecule has 0 saturated carbocycles. The highest BCUT2D eigenvalue weighted by molar-refractivity contribution is 5.79. The Morgan fingerprint density at radius 3 is 2.08 bits per heavy atom. The van der Waals surface area contributed by atoms with Crippen LogP contribution >= 0.6 is 0 Å². The van der Waals surface area contributed by atoms with Crippen molar-refractivity contribution in [2.45, 2.75) is 40.2 Å². The molecule has 1 fully saturated rings. The monoisotopic (exact) mass is 169 g/mol. The van der Waals surface area contributed by atoms with Crippen molar-refractivity contribution in [3.8, 4) is 0 Å². The van der Waals surface area contributed by atoms with Crippen LogP contribution in [0.5, 0.6) is 0 Å². The second-order valence-electron chi connectivity index (χ2n) is 5.00. The fraction of sp³-hybridized carbons (Fsp3) is 0.900. The standard InChI is InChI=1S/C10H19NO/c1-7-6-8(12)11(5)9(7)10(2,3)4/h7,9H,6H2,1-5H3/t7-,9+/m1/s1. The Kier molecular flexibility index (Phi) is 2.19. The Hall–Kier alpha value is -0.530. The van der Waals surface area contributed by atoms with Crippen LogP contribution < -0.4 is 0 Å². The van der Waals surface area contributed by atoms with Gasteiger partial charge in [0, 0.05) is 19.5 Å². The van der Waals surface area contributed by atoms with E-state index in [2.05, 4.69) is 27.7 Å². The number of likely N-dealkylation sites (tertiary alicyclic amines) is 1. The lowest BCUT2D eigenvalue weighted by Gasteiger charge is -2.35. The first-order chi connectivity index (χ1) is 5.34. The van der Waals surface area contributed by atoms with E-state index in [0.717, 1.165) is 6.42 Å². The summed E-state index contributed by atoms with van der Waals surface area (Å²) in [7, 11) is 1.92. The minimum absolute atomic E-state index is 0.209. The summed E-state index contributed by atoms with van der Waals surface area (Å²) in [6.07, 6.45) is 0.721. The molecule has 2 heteroatoms. The van der Waals surface area contributed by atoms with E-state index in [1.807, 2.05) is 11.9 Å². The number of hydrogen-bond donors (Lipinski definition) is 0. The number of hydrogen-bond acceptors (Lipinski definition) is 1. The van der Waals surface area contributed by atoms with Crippen LogP contribution in [0.4, 0.5) is 0 Å². The van der Waals surface area contributed by atoms with Crippen LogP contribution in [0.25, 0.3) is 0 Å². The van der Waals surface area contributed by atoms with Gasteiger partial charge in [-0.2, -0.15) is 0 Å². The van der Waals surface area contributed by atoms with Crippen LogP contribution in [0.2, 0.25) is 0 Å². The molecular weight excluding hydrogens is 150 g/mol. The lowest BCUT2D eigenvalue weighted by atomic mass is 9.80. The molecule has 0 N–H and O–H groups in total. The second kappa shape index (κ2) is 2.75. The Morgan fingerprint density at radius 2 is 1.92 bits per heavy atom. The molecule has 0 aromatic heterocycles. The zero-order valence-electron chi connectivity index (χ0n) is 8.72. The molecule has 1 saturated heterocycles. The number of amides is 1. The van der Waals surface area contributed by atoms with Crippen molar-refractivity contribution in [1.29, 1.82) is 0 Å². The molecule has 0 bridgehead atoms. The predicted octanol–water partition coefficient (Wildman–Crippen LogP) is 1.90. The zero-order valence-corrected chi connectivity index (χ0v) is 8.72. The molecule has 1 heterocycles. The highest BCUT2D eigenvalue weighted by Gasteiger charge is 2.41. The molecule has 2 atom stereocenters. The maximum absolute atomic E-state index is 11.4. The van der Waals surface area contributed by atoms with Crippen molar-refractivity contribution < 1.29 is 4.79 Å². The summed E-state index contributed by atoms with van der Waals surface area (Å²) in [5.41, 5.74) is 0.209. The Balaban J connectivity index is 2.84. The molecule has 1 aliphatic heterocycles. The van der Waals surface area contributed by atoms with Gasteiger partial charge in [-0.25, -0.2) is 0 Å². The van der Waals surface area contributed by atoms with E-state index in [9.17, 15) is 4.79 Å². The van der Waals surface area contributed by atoms with Gasteiger partial charge in [-0.15, -0.1) is 0 Å². The summed E-state index contributed by atoms with van der Waals surface area (Å²) in [6.45, 7) is 8.76. The van der Waals surface area contributed by atoms with Crippen molar-refractivity contribution in [3.63, 3.8) is 0 Å². The summed E-state index contributed by atoms with van der Waals surface area (Å²) in [5, 5.41) is 0. The van der Waals surface area contributed by atoms with Crippen LogP contribution in [0.1, 0.15) is 34.1 Å². The quantitative estimate of drug-likeness (QED) is 0.542. The fourth-order valence-electron chi connectivity index (χ4n) is 2.50. The predicted molar refractivity (Wildman–Crippen MR) is 49.8 cm³/mol. The zero-order chi connectivity index (χ0) is 9.52.